The van der Waals surface area contributed by atoms with Gasteiger partial charge in [0.1, 0.15) is 0 Å². The Kier molecular flexibility index (Phi) is 43.0. The van der Waals surface area contributed by atoms with E-state index in [1.165, 1.54) is 70.6 Å². The quantitative estimate of drug-likeness (QED) is 0.330. The normalized spacial score (nSPS) is 28.1. The SMILES string of the molecule is CC.CC.CC.CC.CC1CCC(C)C1.CC1CCC(C)C1(C)C.CC1CCC(C)O1.CCCCCC. The maximum absolute atomic E-state index is 5.36. The summed E-state index contributed by atoms with van der Waals surface area (Å²) in [5.41, 5.74) is 0.611. The lowest BCUT2D eigenvalue weighted by atomic mass is 9.77. The van der Waals surface area contributed by atoms with Gasteiger partial charge in [-0.1, -0.05) is 149 Å². The van der Waals surface area contributed by atoms with Gasteiger partial charge in [0.15, 0.2) is 0 Å². The molecule has 3 aliphatic rings. The molecule has 0 radical (unpaired) electrons. The van der Waals surface area contributed by atoms with Crippen molar-refractivity contribution < 1.29 is 4.74 Å². The van der Waals surface area contributed by atoms with E-state index in [1.54, 1.807) is 0 Å². The van der Waals surface area contributed by atoms with E-state index in [1.807, 2.05) is 55.4 Å². The molecule has 1 heterocycles. The average molecular weight is 531 g/mol. The molecular weight excluding hydrogens is 448 g/mol. The summed E-state index contributed by atoms with van der Waals surface area (Å²) in [6.45, 7) is 39.0. The Morgan fingerprint density at radius 1 is 0.514 bits per heavy atom. The molecule has 6 unspecified atom stereocenters. The summed E-state index contributed by atoms with van der Waals surface area (Å²) in [4.78, 5) is 0. The summed E-state index contributed by atoms with van der Waals surface area (Å²) in [7, 11) is 0. The summed E-state index contributed by atoms with van der Waals surface area (Å²) in [5.74, 6) is 3.92. The lowest BCUT2D eigenvalue weighted by Gasteiger charge is -2.28. The first-order valence-electron chi connectivity index (χ1n) is 17.2. The van der Waals surface area contributed by atoms with Crippen molar-refractivity contribution in [3.05, 3.63) is 0 Å². The molecule has 1 heteroatoms. The first-order chi connectivity index (χ1) is 17.5. The van der Waals surface area contributed by atoms with E-state index in [0.717, 1.165) is 23.7 Å². The van der Waals surface area contributed by atoms with Crippen molar-refractivity contribution >= 4 is 0 Å². The minimum atomic E-state index is 0.523. The molecule has 1 aliphatic heterocycles. The number of hydrogen-bond donors (Lipinski definition) is 0. The van der Waals surface area contributed by atoms with Gasteiger partial charge in [0, 0.05) is 0 Å². The molecule has 0 amide bonds. The molecule has 0 aromatic heterocycles. The zero-order valence-corrected chi connectivity index (χ0v) is 30.2. The minimum absolute atomic E-state index is 0.523. The molecule has 1 saturated heterocycles. The standard InChI is InChI=1S/C9H18.C7H14.C6H12O.C6H14.4C2H6/c1-7-5-6-8(2)9(7,3)4;1-6-3-4-7(2)5-6;1-5-3-4-6(2)7-5;1-3-5-6-4-2;4*1-2/h7-8H,5-6H2,1-4H3;6-7H,3-5H2,1-2H3;5-6H,3-4H2,1-2H3;3-6H2,1-2H3;4*1-2H3. The molecule has 2 saturated carbocycles. The fourth-order valence-corrected chi connectivity index (χ4v) is 4.72. The number of ether oxygens (including phenoxy) is 1. The average Bonchev–Trinajstić information content (AvgIpc) is 3.57. The molecular formula is C36H82O. The van der Waals surface area contributed by atoms with E-state index in [0.29, 0.717) is 17.6 Å². The van der Waals surface area contributed by atoms with Crippen molar-refractivity contribution in [2.75, 3.05) is 0 Å². The largest absolute Gasteiger partial charge is 0.376 e. The van der Waals surface area contributed by atoms with Crippen LogP contribution in [0.25, 0.3) is 0 Å². The first kappa shape index (κ1) is 46.8. The van der Waals surface area contributed by atoms with E-state index in [2.05, 4.69) is 69.2 Å². The Balaban J connectivity index is -0.000000113. The summed E-state index contributed by atoms with van der Waals surface area (Å²) in [6.07, 6.45) is 16.4. The maximum Gasteiger partial charge on any atom is 0.0551 e. The molecule has 3 rings (SSSR count). The fraction of sp³-hybridized carbons (Fsp3) is 1.00. The molecule has 37 heavy (non-hydrogen) atoms. The van der Waals surface area contributed by atoms with Crippen LogP contribution in [0.15, 0.2) is 0 Å². The van der Waals surface area contributed by atoms with Gasteiger partial charge in [-0.15, -0.1) is 0 Å². The zero-order valence-electron chi connectivity index (χ0n) is 30.2. The Morgan fingerprint density at radius 3 is 0.919 bits per heavy atom. The molecule has 0 N–H and O–H groups in total. The monoisotopic (exact) mass is 531 g/mol. The third kappa shape index (κ3) is 28.8. The summed E-state index contributed by atoms with van der Waals surface area (Å²) in [6, 6.07) is 0. The number of rotatable bonds is 3. The van der Waals surface area contributed by atoms with Gasteiger partial charge in [-0.05, 0) is 75.0 Å². The van der Waals surface area contributed by atoms with Crippen molar-refractivity contribution in [3.63, 3.8) is 0 Å². The number of hydrogen-bond acceptors (Lipinski definition) is 1. The van der Waals surface area contributed by atoms with Gasteiger partial charge in [-0.2, -0.15) is 0 Å². The molecule has 232 valence electrons. The van der Waals surface area contributed by atoms with Crippen molar-refractivity contribution in [1.29, 1.82) is 0 Å². The van der Waals surface area contributed by atoms with Gasteiger partial charge in [-0.3, -0.25) is 0 Å². The van der Waals surface area contributed by atoms with Crippen LogP contribution in [0.2, 0.25) is 0 Å². The predicted molar refractivity (Wildman–Crippen MR) is 178 cm³/mol. The summed E-state index contributed by atoms with van der Waals surface area (Å²) in [5, 5.41) is 0. The zero-order chi connectivity index (χ0) is 30.4. The third-order valence-electron chi connectivity index (χ3n) is 7.93. The smallest absolute Gasteiger partial charge is 0.0551 e. The van der Waals surface area contributed by atoms with Crippen LogP contribution in [0.1, 0.15) is 195 Å². The second-order valence-electron chi connectivity index (χ2n) is 11.3. The second-order valence-corrected chi connectivity index (χ2v) is 11.3. The van der Waals surface area contributed by atoms with Crippen LogP contribution in [-0.2, 0) is 4.74 Å². The van der Waals surface area contributed by atoms with Crippen LogP contribution >= 0.6 is 0 Å². The second kappa shape index (κ2) is 34.0. The first-order valence-corrected chi connectivity index (χ1v) is 17.2. The highest BCUT2D eigenvalue weighted by molar-refractivity contribution is 4.87. The Labute approximate surface area is 241 Å². The van der Waals surface area contributed by atoms with E-state index in [4.69, 9.17) is 4.74 Å². The summed E-state index contributed by atoms with van der Waals surface area (Å²) < 4.78 is 5.36. The Morgan fingerprint density at radius 2 is 0.811 bits per heavy atom. The van der Waals surface area contributed by atoms with E-state index in [9.17, 15) is 0 Å². The molecule has 6 atom stereocenters. The molecule has 0 aromatic carbocycles. The highest BCUT2D eigenvalue weighted by Gasteiger charge is 2.37. The lowest BCUT2D eigenvalue weighted by molar-refractivity contribution is 0.0673. The van der Waals surface area contributed by atoms with Crippen LogP contribution in [0, 0.1) is 29.1 Å². The molecule has 3 fully saturated rings. The van der Waals surface area contributed by atoms with Gasteiger partial charge in [-0.25, -0.2) is 0 Å². The minimum Gasteiger partial charge on any atom is -0.376 e. The van der Waals surface area contributed by atoms with E-state index < -0.39 is 0 Å². The van der Waals surface area contributed by atoms with Crippen molar-refractivity contribution in [2.24, 2.45) is 29.1 Å². The predicted octanol–water partition coefficient (Wildman–Crippen LogP) is 13.8. The molecule has 2 aliphatic carbocycles. The van der Waals surface area contributed by atoms with Gasteiger partial charge in [0.05, 0.1) is 12.2 Å². The van der Waals surface area contributed by atoms with E-state index >= 15 is 0 Å². The highest BCUT2D eigenvalue weighted by Crippen LogP contribution is 2.46. The van der Waals surface area contributed by atoms with Gasteiger partial charge in [0.2, 0.25) is 0 Å². The molecule has 0 aromatic rings. The van der Waals surface area contributed by atoms with Crippen LogP contribution in [0.5, 0.6) is 0 Å². The molecule has 0 spiro atoms. The van der Waals surface area contributed by atoms with Crippen LogP contribution in [0.3, 0.4) is 0 Å². The van der Waals surface area contributed by atoms with E-state index in [-0.39, 0.29) is 0 Å². The van der Waals surface area contributed by atoms with Gasteiger partial charge < -0.3 is 4.74 Å². The Bertz CT molecular complexity index is 325. The third-order valence-corrected chi connectivity index (χ3v) is 7.93. The molecule has 1 nitrogen and oxygen atoms in total. The van der Waals surface area contributed by atoms with Gasteiger partial charge in [0.25, 0.3) is 0 Å². The van der Waals surface area contributed by atoms with Crippen LogP contribution in [0.4, 0.5) is 0 Å². The van der Waals surface area contributed by atoms with Gasteiger partial charge >= 0.3 is 0 Å². The molecule has 0 bridgehead atoms. The lowest BCUT2D eigenvalue weighted by Crippen LogP contribution is -2.20. The fourth-order valence-electron chi connectivity index (χ4n) is 4.72. The number of unbranched alkanes of at least 4 members (excludes halogenated alkanes) is 3. The van der Waals surface area contributed by atoms with Crippen molar-refractivity contribution in [1.82, 2.24) is 0 Å². The Hall–Kier alpha value is -0.0400. The van der Waals surface area contributed by atoms with Crippen LogP contribution in [-0.4, -0.2) is 12.2 Å². The topological polar surface area (TPSA) is 9.23 Å². The van der Waals surface area contributed by atoms with Crippen molar-refractivity contribution in [2.45, 2.75) is 207 Å². The van der Waals surface area contributed by atoms with Crippen molar-refractivity contribution in [3.8, 4) is 0 Å². The highest BCUT2D eigenvalue weighted by atomic mass is 16.5. The maximum atomic E-state index is 5.36. The summed E-state index contributed by atoms with van der Waals surface area (Å²) >= 11 is 0. The van der Waals surface area contributed by atoms with Crippen LogP contribution < -0.4 is 0 Å².